The average molecular weight is 360 g/mol. The van der Waals surface area contributed by atoms with Crippen LogP contribution in [0.25, 0.3) is 11.3 Å². The Balaban J connectivity index is 1.88. The van der Waals surface area contributed by atoms with Crippen LogP contribution in [0.15, 0.2) is 41.5 Å². The summed E-state index contributed by atoms with van der Waals surface area (Å²) in [5.41, 5.74) is 2.79. The number of hydrogen-bond donors (Lipinski definition) is 1. The van der Waals surface area contributed by atoms with Crippen LogP contribution in [-0.2, 0) is 0 Å². The molecule has 2 aromatic heterocycles. The van der Waals surface area contributed by atoms with E-state index in [0.717, 1.165) is 16.7 Å². The molecular formula is C18H18F2N4O2. The van der Waals surface area contributed by atoms with Gasteiger partial charge in [0.15, 0.2) is 0 Å². The molecule has 136 valence electrons. The van der Waals surface area contributed by atoms with Crippen LogP contribution in [-0.4, -0.2) is 26.4 Å². The van der Waals surface area contributed by atoms with E-state index in [1.54, 1.807) is 36.1 Å². The van der Waals surface area contributed by atoms with Gasteiger partial charge in [0.25, 0.3) is 5.56 Å². The Morgan fingerprint density at radius 1 is 1.23 bits per heavy atom. The minimum absolute atomic E-state index is 0.123. The van der Waals surface area contributed by atoms with E-state index in [1.807, 2.05) is 13.8 Å². The first-order valence-corrected chi connectivity index (χ1v) is 8.01. The summed E-state index contributed by atoms with van der Waals surface area (Å²) in [6.45, 7) is 2.64. The molecule has 3 rings (SSSR count). The molecule has 0 saturated carbocycles. The van der Waals surface area contributed by atoms with E-state index < -0.39 is 6.61 Å². The first-order chi connectivity index (χ1) is 12.3. The fourth-order valence-electron chi connectivity index (χ4n) is 2.85. The zero-order valence-electron chi connectivity index (χ0n) is 14.5. The molecule has 0 saturated heterocycles. The predicted molar refractivity (Wildman–Crippen MR) is 92.4 cm³/mol. The van der Waals surface area contributed by atoms with Crippen molar-refractivity contribution in [2.24, 2.45) is 0 Å². The normalized spacial score (nSPS) is 12.4. The largest absolute Gasteiger partial charge is 0.435 e. The topological polar surface area (TPSA) is 72.8 Å². The Labute approximate surface area is 148 Å². The molecule has 1 N–H and O–H groups in total. The molecule has 0 spiro atoms. The molecule has 0 aliphatic rings. The number of rotatable bonds is 5. The molecule has 8 heteroatoms. The van der Waals surface area contributed by atoms with Crippen LogP contribution in [0.3, 0.4) is 0 Å². The number of halogens is 2. The van der Waals surface area contributed by atoms with E-state index in [4.69, 9.17) is 0 Å². The summed E-state index contributed by atoms with van der Waals surface area (Å²) in [7, 11) is 0. The maximum absolute atomic E-state index is 12.3. The number of hydrogen-bond acceptors (Lipinski definition) is 4. The van der Waals surface area contributed by atoms with E-state index in [2.05, 4.69) is 19.8 Å². The van der Waals surface area contributed by atoms with Crippen molar-refractivity contribution in [1.29, 1.82) is 0 Å². The first-order valence-electron chi connectivity index (χ1n) is 8.01. The van der Waals surface area contributed by atoms with Gasteiger partial charge in [0, 0.05) is 17.8 Å². The zero-order valence-corrected chi connectivity index (χ0v) is 14.5. The molecule has 0 unspecified atom stereocenters. The Morgan fingerprint density at radius 2 is 2.00 bits per heavy atom. The Hall–Kier alpha value is -3.03. The van der Waals surface area contributed by atoms with Gasteiger partial charge in [-0.25, -0.2) is 4.98 Å². The van der Waals surface area contributed by atoms with Gasteiger partial charge in [-0.15, -0.1) is 0 Å². The van der Waals surface area contributed by atoms with Crippen molar-refractivity contribution in [2.45, 2.75) is 33.4 Å². The predicted octanol–water partition coefficient (Wildman–Crippen LogP) is 3.46. The maximum atomic E-state index is 12.3. The lowest BCUT2D eigenvalue weighted by atomic mass is 10.0. The van der Waals surface area contributed by atoms with Gasteiger partial charge in [-0.3, -0.25) is 9.48 Å². The third-order valence-corrected chi connectivity index (χ3v) is 4.07. The Morgan fingerprint density at radius 3 is 2.65 bits per heavy atom. The number of aryl methyl sites for hydroxylation is 2. The second-order valence-corrected chi connectivity index (χ2v) is 6.00. The number of nitrogens with one attached hydrogen (secondary N) is 1. The van der Waals surface area contributed by atoms with Crippen molar-refractivity contribution < 1.29 is 13.5 Å². The van der Waals surface area contributed by atoms with E-state index in [0.29, 0.717) is 11.5 Å². The number of benzene rings is 1. The second-order valence-electron chi connectivity index (χ2n) is 6.00. The summed E-state index contributed by atoms with van der Waals surface area (Å²) in [5.74, 6) is 0.650. The Kier molecular flexibility index (Phi) is 4.83. The number of alkyl halides is 2. The molecule has 0 aliphatic carbocycles. The van der Waals surface area contributed by atoms with Crippen molar-refractivity contribution in [3.8, 4) is 17.0 Å². The fourth-order valence-corrected chi connectivity index (χ4v) is 2.85. The number of aromatic nitrogens is 4. The number of H-pyrrole nitrogens is 1. The summed E-state index contributed by atoms with van der Waals surface area (Å²) in [4.78, 5) is 18.5. The zero-order chi connectivity index (χ0) is 18.8. The smallest absolute Gasteiger partial charge is 0.387 e. The highest BCUT2D eigenvalue weighted by Crippen LogP contribution is 2.27. The molecule has 0 amide bonds. The molecule has 0 fully saturated rings. The van der Waals surface area contributed by atoms with Gasteiger partial charge in [-0.1, -0.05) is 6.07 Å². The lowest BCUT2D eigenvalue weighted by Crippen LogP contribution is -2.10. The van der Waals surface area contributed by atoms with Crippen molar-refractivity contribution in [1.82, 2.24) is 19.7 Å². The third kappa shape index (κ3) is 3.79. The second kappa shape index (κ2) is 7.07. The summed E-state index contributed by atoms with van der Waals surface area (Å²) in [6.07, 6.45) is 3.44. The fraction of sp³-hybridized carbons (Fsp3) is 0.278. The standard InChI is InChI=1S/C18H18F2N4O2/c1-10-6-14(26-18(19)20)4-5-15(10)11(2)24-9-13(8-21-24)16-7-17(25)23-12(3)22-16/h4-9,11,18H,1-3H3,(H,22,23,25)/t11-/m1/s1. The van der Waals surface area contributed by atoms with Gasteiger partial charge in [0.05, 0.1) is 17.9 Å². The van der Waals surface area contributed by atoms with Gasteiger partial charge in [-0.2, -0.15) is 13.9 Å². The van der Waals surface area contributed by atoms with Crippen LogP contribution in [0, 0.1) is 13.8 Å². The number of aromatic amines is 1. The van der Waals surface area contributed by atoms with Crippen molar-refractivity contribution in [2.75, 3.05) is 0 Å². The van der Waals surface area contributed by atoms with Gasteiger partial charge < -0.3 is 9.72 Å². The van der Waals surface area contributed by atoms with E-state index in [-0.39, 0.29) is 17.4 Å². The van der Waals surface area contributed by atoms with Crippen LogP contribution in [0.2, 0.25) is 0 Å². The monoisotopic (exact) mass is 360 g/mol. The SMILES string of the molecule is Cc1nc(-c2cnn([C@H](C)c3ccc(OC(F)F)cc3C)c2)cc(=O)[nH]1. The van der Waals surface area contributed by atoms with E-state index in [1.165, 1.54) is 12.1 Å². The molecule has 0 bridgehead atoms. The lowest BCUT2D eigenvalue weighted by molar-refractivity contribution is -0.0498. The molecule has 26 heavy (non-hydrogen) atoms. The van der Waals surface area contributed by atoms with Crippen LogP contribution < -0.4 is 10.3 Å². The summed E-state index contributed by atoms with van der Waals surface area (Å²) < 4.78 is 30.8. The summed E-state index contributed by atoms with van der Waals surface area (Å²) >= 11 is 0. The van der Waals surface area contributed by atoms with Gasteiger partial charge in [0.2, 0.25) is 0 Å². The molecule has 1 aromatic carbocycles. The number of nitrogens with zero attached hydrogens (tertiary/aromatic N) is 3. The molecule has 1 atom stereocenters. The van der Waals surface area contributed by atoms with E-state index >= 15 is 0 Å². The molecule has 6 nitrogen and oxygen atoms in total. The molecule has 0 radical (unpaired) electrons. The van der Waals surface area contributed by atoms with Crippen molar-refractivity contribution in [3.63, 3.8) is 0 Å². The third-order valence-electron chi connectivity index (χ3n) is 4.07. The Bertz CT molecular complexity index is 981. The quantitative estimate of drug-likeness (QED) is 0.756. The highest BCUT2D eigenvalue weighted by Gasteiger charge is 2.15. The van der Waals surface area contributed by atoms with E-state index in [9.17, 15) is 13.6 Å². The minimum Gasteiger partial charge on any atom is -0.435 e. The molecular weight excluding hydrogens is 342 g/mol. The number of ether oxygens (including phenoxy) is 1. The van der Waals surface area contributed by atoms with Crippen LogP contribution in [0.4, 0.5) is 8.78 Å². The highest BCUT2D eigenvalue weighted by atomic mass is 19.3. The average Bonchev–Trinajstić information content (AvgIpc) is 3.03. The van der Waals surface area contributed by atoms with Crippen LogP contribution in [0.1, 0.15) is 29.9 Å². The molecule has 0 aliphatic heterocycles. The minimum atomic E-state index is -2.85. The van der Waals surface area contributed by atoms with Gasteiger partial charge in [-0.05, 0) is 44.0 Å². The summed E-state index contributed by atoms with van der Waals surface area (Å²) in [6, 6.07) is 6.11. The maximum Gasteiger partial charge on any atom is 0.387 e. The van der Waals surface area contributed by atoms with Gasteiger partial charge >= 0.3 is 6.61 Å². The molecule has 2 heterocycles. The van der Waals surface area contributed by atoms with Crippen molar-refractivity contribution in [3.05, 3.63) is 64.0 Å². The van der Waals surface area contributed by atoms with Crippen LogP contribution >= 0.6 is 0 Å². The first kappa shape index (κ1) is 17.8. The van der Waals surface area contributed by atoms with Crippen molar-refractivity contribution >= 4 is 0 Å². The molecule has 3 aromatic rings. The van der Waals surface area contributed by atoms with Gasteiger partial charge in [0.1, 0.15) is 11.6 Å². The lowest BCUT2D eigenvalue weighted by Gasteiger charge is -2.16. The highest BCUT2D eigenvalue weighted by molar-refractivity contribution is 5.56. The van der Waals surface area contributed by atoms with Crippen LogP contribution in [0.5, 0.6) is 5.75 Å². The summed E-state index contributed by atoms with van der Waals surface area (Å²) in [5, 5.41) is 4.35.